The zero-order chi connectivity index (χ0) is 37.4. The van der Waals surface area contributed by atoms with Crippen molar-refractivity contribution >= 4 is 0 Å². The first-order chi connectivity index (χ1) is 25.2. The fourth-order valence-corrected chi connectivity index (χ4v) is 6.38. The predicted molar refractivity (Wildman–Crippen MR) is 229 cm³/mol. The highest BCUT2D eigenvalue weighted by atomic mass is 14.9. The molecule has 3 rings (SSSR count). The monoisotopic (exact) mass is 715 g/mol. The van der Waals surface area contributed by atoms with E-state index in [1.165, 1.54) is 59.1 Å². The summed E-state index contributed by atoms with van der Waals surface area (Å²) in [6.07, 6.45) is 15.5. The lowest BCUT2D eigenvalue weighted by atomic mass is 9.81. The Morgan fingerprint density at radius 1 is 0.615 bits per heavy atom. The molecule has 3 atom stereocenters. The van der Waals surface area contributed by atoms with Crippen LogP contribution in [0.4, 0.5) is 0 Å². The van der Waals surface area contributed by atoms with Crippen molar-refractivity contribution in [2.45, 2.75) is 111 Å². The van der Waals surface area contributed by atoms with Gasteiger partial charge in [0.25, 0.3) is 0 Å². The Kier molecular flexibility index (Phi) is 21.7. The summed E-state index contributed by atoms with van der Waals surface area (Å²) in [7, 11) is 0. The zero-order valence-corrected chi connectivity index (χ0v) is 34.4. The van der Waals surface area contributed by atoms with E-state index in [0.717, 1.165) is 110 Å². The summed E-state index contributed by atoms with van der Waals surface area (Å²) < 4.78 is 0. The highest BCUT2D eigenvalue weighted by molar-refractivity contribution is 5.66. The van der Waals surface area contributed by atoms with E-state index >= 15 is 0 Å². The molecule has 3 unspecified atom stereocenters. The van der Waals surface area contributed by atoms with Gasteiger partial charge in [0, 0.05) is 19.0 Å². The van der Waals surface area contributed by atoms with Crippen LogP contribution in [-0.2, 0) is 12.0 Å². The third kappa shape index (κ3) is 18.1. The van der Waals surface area contributed by atoms with Crippen LogP contribution in [0.2, 0.25) is 0 Å². The Hall–Kier alpha value is -2.32. The second-order valence-corrected chi connectivity index (χ2v) is 16.5. The molecule has 0 heterocycles. The third-order valence-corrected chi connectivity index (χ3v) is 10.6. The van der Waals surface area contributed by atoms with Crippen LogP contribution in [0.25, 0.3) is 11.1 Å². The maximum atomic E-state index is 3.66. The molecule has 2 aromatic carbocycles. The number of rotatable bonds is 28. The summed E-state index contributed by atoms with van der Waals surface area (Å²) in [6, 6.07) is 16.5. The molecular weight excluding hydrogens is 637 g/mol. The minimum Gasteiger partial charge on any atom is -0.317 e. The molecule has 0 spiro atoms. The van der Waals surface area contributed by atoms with Crippen molar-refractivity contribution in [1.29, 1.82) is 0 Å². The number of hydrogen-bond acceptors (Lipinski definition) is 6. The first-order valence-corrected chi connectivity index (χ1v) is 21.1. The van der Waals surface area contributed by atoms with Crippen LogP contribution in [-0.4, -0.2) is 72.0 Å². The van der Waals surface area contributed by atoms with Crippen LogP contribution in [0.1, 0.15) is 116 Å². The Morgan fingerprint density at radius 3 is 1.63 bits per heavy atom. The van der Waals surface area contributed by atoms with Crippen LogP contribution in [0.5, 0.6) is 0 Å². The highest BCUT2D eigenvalue weighted by Crippen LogP contribution is 2.35. The maximum Gasteiger partial charge on any atom is 0.0205 e. The molecule has 2 aromatic rings. The van der Waals surface area contributed by atoms with E-state index in [1.54, 1.807) is 0 Å². The zero-order valence-electron chi connectivity index (χ0n) is 34.4. The lowest BCUT2D eigenvalue weighted by Gasteiger charge is -2.24. The first kappa shape index (κ1) is 44.1. The summed E-state index contributed by atoms with van der Waals surface area (Å²) >= 11 is 0. The van der Waals surface area contributed by atoms with Gasteiger partial charge in [-0.25, -0.2) is 0 Å². The second-order valence-electron chi connectivity index (χ2n) is 16.5. The summed E-state index contributed by atoms with van der Waals surface area (Å²) in [4.78, 5) is 0. The molecule has 6 nitrogen and oxygen atoms in total. The van der Waals surface area contributed by atoms with Crippen molar-refractivity contribution in [3.05, 3.63) is 83.0 Å². The molecule has 1 aliphatic carbocycles. The maximum absolute atomic E-state index is 3.66. The van der Waals surface area contributed by atoms with Crippen molar-refractivity contribution in [3.63, 3.8) is 0 Å². The van der Waals surface area contributed by atoms with E-state index in [2.05, 4.69) is 141 Å². The third-order valence-electron chi connectivity index (χ3n) is 10.6. The Balaban J connectivity index is 1.37. The molecule has 52 heavy (non-hydrogen) atoms. The van der Waals surface area contributed by atoms with Crippen LogP contribution < -0.4 is 31.9 Å². The van der Waals surface area contributed by atoms with Crippen LogP contribution >= 0.6 is 0 Å². The summed E-state index contributed by atoms with van der Waals surface area (Å²) in [5, 5.41) is 21.6. The van der Waals surface area contributed by atoms with Gasteiger partial charge in [-0.15, -0.1) is 0 Å². The first-order valence-electron chi connectivity index (χ1n) is 21.1. The molecule has 0 bridgehead atoms. The number of nitrogens with one attached hydrogen (secondary N) is 6. The standard InChI is InChI=1S/C46H78N6/c1-8-37(3)33-49-26-10-22-47-24-12-28-51-35-39-14-18-41(19-15-39)43-30-44(32-45(31-43)46(5,6)7)42-20-16-40(17-21-42)36-52-29-13-25-48-23-11-27-50-34-38(4)9-2/h14-20,30-32,37-38,42,47-52H,8-13,21-29,33-36H2,1-7H3. The van der Waals surface area contributed by atoms with Gasteiger partial charge in [-0.05, 0) is 148 Å². The molecule has 0 amide bonds. The molecule has 0 aliphatic heterocycles. The van der Waals surface area contributed by atoms with E-state index in [9.17, 15) is 0 Å². The molecule has 0 aromatic heterocycles. The molecule has 0 saturated carbocycles. The van der Waals surface area contributed by atoms with E-state index < -0.39 is 0 Å². The number of benzene rings is 2. The van der Waals surface area contributed by atoms with Gasteiger partial charge in [0.2, 0.25) is 0 Å². The van der Waals surface area contributed by atoms with Gasteiger partial charge in [0.15, 0.2) is 0 Å². The summed E-state index contributed by atoms with van der Waals surface area (Å²) in [5.41, 5.74) is 8.29. The normalized spacial score (nSPS) is 15.9. The van der Waals surface area contributed by atoms with Crippen LogP contribution in [0.3, 0.4) is 0 Å². The van der Waals surface area contributed by atoms with Crippen molar-refractivity contribution < 1.29 is 0 Å². The molecular formula is C46H78N6. The van der Waals surface area contributed by atoms with Gasteiger partial charge in [-0.3, -0.25) is 0 Å². The van der Waals surface area contributed by atoms with Gasteiger partial charge in [0.05, 0.1) is 0 Å². The molecule has 0 fully saturated rings. The van der Waals surface area contributed by atoms with Gasteiger partial charge in [-0.2, -0.15) is 0 Å². The topological polar surface area (TPSA) is 72.2 Å². The minimum absolute atomic E-state index is 0.0933. The van der Waals surface area contributed by atoms with Crippen molar-refractivity contribution in [3.8, 4) is 11.1 Å². The summed E-state index contributed by atoms with van der Waals surface area (Å²) in [6.45, 7) is 28.9. The SMILES string of the molecule is CCC(C)CNCCCNCCCNCC1=CCC(c2cc(-c3ccc(CNCCCNCCCNCC(C)CC)cc3)cc(C(C)(C)C)c2)C=C1. The van der Waals surface area contributed by atoms with E-state index in [1.807, 2.05) is 0 Å². The average molecular weight is 715 g/mol. The van der Waals surface area contributed by atoms with Crippen molar-refractivity contribution in [2.75, 3.05) is 72.0 Å². The fraction of sp³-hybridized carbons (Fsp3) is 0.652. The van der Waals surface area contributed by atoms with Gasteiger partial charge in [0.1, 0.15) is 0 Å². The van der Waals surface area contributed by atoms with Crippen LogP contribution in [0, 0.1) is 11.8 Å². The van der Waals surface area contributed by atoms with Crippen molar-refractivity contribution in [2.24, 2.45) is 11.8 Å². The molecule has 0 saturated heterocycles. The highest BCUT2D eigenvalue weighted by Gasteiger charge is 2.19. The van der Waals surface area contributed by atoms with E-state index in [4.69, 9.17) is 0 Å². The van der Waals surface area contributed by atoms with Gasteiger partial charge < -0.3 is 31.9 Å². The van der Waals surface area contributed by atoms with Crippen molar-refractivity contribution in [1.82, 2.24) is 31.9 Å². The second kappa shape index (κ2) is 25.7. The summed E-state index contributed by atoms with van der Waals surface area (Å²) in [5.74, 6) is 1.97. The Morgan fingerprint density at radius 2 is 1.13 bits per heavy atom. The number of hydrogen-bond donors (Lipinski definition) is 6. The lowest BCUT2D eigenvalue weighted by Crippen LogP contribution is -2.27. The number of allylic oxidation sites excluding steroid dienone is 2. The fourth-order valence-electron chi connectivity index (χ4n) is 6.38. The minimum atomic E-state index is 0.0933. The van der Waals surface area contributed by atoms with E-state index in [-0.39, 0.29) is 5.41 Å². The van der Waals surface area contributed by atoms with Gasteiger partial charge >= 0.3 is 0 Å². The Bertz CT molecular complexity index is 1280. The lowest BCUT2D eigenvalue weighted by molar-refractivity contribution is 0.488. The molecule has 6 N–H and O–H groups in total. The quantitative estimate of drug-likeness (QED) is 0.0499. The average Bonchev–Trinajstić information content (AvgIpc) is 3.15. The van der Waals surface area contributed by atoms with Crippen LogP contribution in [0.15, 0.2) is 66.3 Å². The predicted octanol–water partition coefficient (Wildman–Crippen LogP) is 8.31. The molecule has 292 valence electrons. The largest absolute Gasteiger partial charge is 0.317 e. The van der Waals surface area contributed by atoms with E-state index in [0.29, 0.717) is 5.92 Å². The Labute approximate surface area is 320 Å². The molecule has 1 aliphatic rings. The molecule has 0 radical (unpaired) electrons. The smallest absolute Gasteiger partial charge is 0.0205 e. The molecule has 6 heteroatoms. The van der Waals surface area contributed by atoms with Gasteiger partial charge in [-0.1, -0.05) is 122 Å².